The highest BCUT2D eigenvalue weighted by molar-refractivity contribution is 5.85. The maximum atomic E-state index is 11.1. The van der Waals surface area contributed by atoms with E-state index in [2.05, 4.69) is 5.10 Å². The molecule has 0 atom stereocenters. The smallest absolute Gasteiger partial charge is 0.354 e. The highest BCUT2D eigenvalue weighted by Crippen LogP contribution is 2.36. The molecule has 1 aliphatic rings. The van der Waals surface area contributed by atoms with Gasteiger partial charge in [0.1, 0.15) is 5.69 Å². The summed E-state index contributed by atoms with van der Waals surface area (Å²) in [5, 5.41) is 13.6. The summed E-state index contributed by atoms with van der Waals surface area (Å²) in [5.74, 6) is -0.422. The number of carboxylic acid groups (broad SMARTS) is 1. The van der Waals surface area contributed by atoms with E-state index in [9.17, 15) is 4.79 Å². The summed E-state index contributed by atoms with van der Waals surface area (Å²) >= 11 is 0. The summed E-state index contributed by atoms with van der Waals surface area (Å²) in [7, 11) is 0. The Balaban J connectivity index is 2.41. The van der Waals surface area contributed by atoms with Crippen LogP contribution in [0.4, 0.5) is 0 Å². The number of carboxylic acids is 1. The van der Waals surface area contributed by atoms with E-state index in [1.807, 2.05) is 20.8 Å². The molecule has 1 saturated carbocycles. The molecule has 1 fully saturated rings. The average Bonchev–Trinajstić information content (AvgIpc) is 2.44. The molecule has 0 spiro atoms. The Morgan fingerprint density at radius 3 is 2.44 bits per heavy atom. The number of nitrogens with zero attached hydrogens (tertiary/aromatic N) is 2. The van der Waals surface area contributed by atoms with Crippen LogP contribution < -0.4 is 0 Å². The summed E-state index contributed by atoms with van der Waals surface area (Å²) in [6, 6.07) is 1.73. The minimum absolute atomic E-state index is 0.282. The Bertz CT molecular complexity index is 411. The lowest BCUT2D eigenvalue weighted by Gasteiger charge is -2.24. The van der Waals surface area contributed by atoms with Crippen LogP contribution in [0.2, 0.25) is 0 Å². The van der Waals surface area contributed by atoms with Crippen molar-refractivity contribution in [3.8, 4) is 0 Å². The number of carbonyl (C=O) groups is 1. The molecular formula is C12H18N2O2. The molecule has 0 radical (unpaired) electrons. The number of hydrogen-bond acceptors (Lipinski definition) is 2. The lowest BCUT2D eigenvalue weighted by atomic mass is 9.83. The van der Waals surface area contributed by atoms with Gasteiger partial charge in [-0.15, -0.1) is 0 Å². The molecule has 0 saturated heterocycles. The van der Waals surface area contributed by atoms with Gasteiger partial charge < -0.3 is 5.11 Å². The molecule has 1 aromatic rings. The molecular weight excluding hydrogens is 204 g/mol. The quantitative estimate of drug-likeness (QED) is 0.836. The number of aromatic nitrogens is 2. The minimum Gasteiger partial charge on any atom is -0.477 e. The van der Waals surface area contributed by atoms with Crippen LogP contribution in [-0.4, -0.2) is 20.9 Å². The van der Waals surface area contributed by atoms with Gasteiger partial charge in [-0.05, 0) is 39.7 Å². The first-order chi connectivity index (χ1) is 7.39. The zero-order valence-corrected chi connectivity index (χ0v) is 10.0. The molecule has 0 amide bonds. The van der Waals surface area contributed by atoms with Gasteiger partial charge in [-0.3, -0.25) is 4.68 Å². The fourth-order valence-electron chi connectivity index (χ4n) is 1.97. The van der Waals surface area contributed by atoms with Gasteiger partial charge in [0, 0.05) is 5.92 Å². The van der Waals surface area contributed by atoms with E-state index in [1.165, 1.54) is 6.42 Å². The topological polar surface area (TPSA) is 55.1 Å². The van der Waals surface area contributed by atoms with E-state index in [-0.39, 0.29) is 5.54 Å². The third kappa shape index (κ3) is 1.84. The maximum absolute atomic E-state index is 11.1. The first-order valence-electron chi connectivity index (χ1n) is 5.73. The molecule has 0 bridgehead atoms. The van der Waals surface area contributed by atoms with E-state index in [1.54, 1.807) is 10.7 Å². The van der Waals surface area contributed by atoms with Crippen LogP contribution in [0.5, 0.6) is 0 Å². The van der Waals surface area contributed by atoms with Crippen LogP contribution in [0.1, 0.15) is 62.1 Å². The van der Waals surface area contributed by atoms with Gasteiger partial charge in [0.2, 0.25) is 0 Å². The fraction of sp³-hybridized carbons (Fsp3) is 0.667. The summed E-state index contributed by atoms with van der Waals surface area (Å²) in [4.78, 5) is 11.1. The lowest BCUT2D eigenvalue weighted by molar-refractivity contribution is 0.0675. The predicted molar refractivity (Wildman–Crippen MR) is 60.8 cm³/mol. The molecule has 0 unspecified atom stereocenters. The van der Waals surface area contributed by atoms with E-state index in [0.717, 1.165) is 18.5 Å². The van der Waals surface area contributed by atoms with Gasteiger partial charge in [0.25, 0.3) is 0 Å². The van der Waals surface area contributed by atoms with Gasteiger partial charge in [-0.1, -0.05) is 6.42 Å². The van der Waals surface area contributed by atoms with Crippen LogP contribution in [0, 0.1) is 0 Å². The van der Waals surface area contributed by atoms with Gasteiger partial charge in [0.15, 0.2) is 0 Å². The zero-order chi connectivity index (χ0) is 11.9. The summed E-state index contributed by atoms with van der Waals surface area (Å²) < 4.78 is 1.63. The molecule has 0 aromatic carbocycles. The Morgan fingerprint density at radius 2 is 2.12 bits per heavy atom. The first-order valence-corrected chi connectivity index (χ1v) is 5.73. The normalized spacial score (nSPS) is 17.2. The average molecular weight is 222 g/mol. The van der Waals surface area contributed by atoms with Crippen molar-refractivity contribution in [1.29, 1.82) is 0 Å². The zero-order valence-electron chi connectivity index (χ0n) is 10.0. The second kappa shape index (κ2) is 3.61. The SMILES string of the molecule is CC(C)(C)n1nc(C2CCC2)cc1C(=O)O. The van der Waals surface area contributed by atoms with Crippen molar-refractivity contribution in [3.63, 3.8) is 0 Å². The summed E-state index contributed by atoms with van der Waals surface area (Å²) in [5.41, 5.74) is 0.961. The Kier molecular flexibility index (Phi) is 2.52. The van der Waals surface area contributed by atoms with Gasteiger partial charge in [-0.2, -0.15) is 5.10 Å². The van der Waals surface area contributed by atoms with Crippen LogP contribution in [0.3, 0.4) is 0 Å². The van der Waals surface area contributed by atoms with E-state index >= 15 is 0 Å². The van der Waals surface area contributed by atoms with Crippen molar-refractivity contribution in [2.75, 3.05) is 0 Å². The van der Waals surface area contributed by atoms with Crippen LogP contribution in [-0.2, 0) is 5.54 Å². The van der Waals surface area contributed by atoms with E-state index in [4.69, 9.17) is 5.11 Å². The molecule has 4 heteroatoms. The van der Waals surface area contributed by atoms with Crippen molar-refractivity contribution in [3.05, 3.63) is 17.5 Å². The monoisotopic (exact) mass is 222 g/mol. The van der Waals surface area contributed by atoms with Crippen molar-refractivity contribution < 1.29 is 9.90 Å². The molecule has 0 aliphatic heterocycles. The van der Waals surface area contributed by atoms with Gasteiger partial charge >= 0.3 is 5.97 Å². The standard InChI is InChI=1S/C12H18N2O2/c1-12(2,3)14-10(11(15)16)7-9(13-14)8-5-4-6-8/h7-8H,4-6H2,1-3H3,(H,15,16). The number of rotatable bonds is 2. The lowest BCUT2D eigenvalue weighted by Crippen LogP contribution is -2.27. The minimum atomic E-state index is -0.895. The van der Waals surface area contributed by atoms with E-state index < -0.39 is 5.97 Å². The molecule has 1 aromatic heterocycles. The number of aromatic carboxylic acids is 1. The molecule has 2 rings (SSSR count). The second-order valence-electron chi connectivity index (χ2n) is 5.47. The third-order valence-corrected chi connectivity index (χ3v) is 3.11. The van der Waals surface area contributed by atoms with Crippen LogP contribution in [0.15, 0.2) is 6.07 Å². The van der Waals surface area contributed by atoms with Crippen LogP contribution in [0.25, 0.3) is 0 Å². The first kappa shape index (κ1) is 11.2. The van der Waals surface area contributed by atoms with Crippen molar-refractivity contribution in [1.82, 2.24) is 9.78 Å². The maximum Gasteiger partial charge on any atom is 0.354 e. The van der Waals surface area contributed by atoms with Gasteiger partial charge in [-0.25, -0.2) is 4.79 Å². The van der Waals surface area contributed by atoms with Crippen molar-refractivity contribution in [2.24, 2.45) is 0 Å². The third-order valence-electron chi connectivity index (χ3n) is 3.11. The molecule has 1 aliphatic carbocycles. The fourth-order valence-corrected chi connectivity index (χ4v) is 1.97. The summed E-state index contributed by atoms with van der Waals surface area (Å²) in [6.07, 6.45) is 3.51. The van der Waals surface area contributed by atoms with Crippen molar-refractivity contribution in [2.45, 2.75) is 51.5 Å². The predicted octanol–water partition coefficient (Wildman–Crippen LogP) is 2.60. The molecule has 16 heavy (non-hydrogen) atoms. The van der Waals surface area contributed by atoms with E-state index in [0.29, 0.717) is 11.6 Å². The second-order valence-corrected chi connectivity index (χ2v) is 5.47. The molecule has 4 nitrogen and oxygen atoms in total. The largest absolute Gasteiger partial charge is 0.477 e. The molecule has 88 valence electrons. The Hall–Kier alpha value is -1.32. The summed E-state index contributed by atoms with van der Waals surface area (Å²) in [6.45, 7) is 5.91. The Morgan fingerprint density at radius 1 is 1.50 bits per heavy atom. The highest BCUT2D eigenvalue weighted by Gasteiger charge is 2.28. The van der Waals surface area contributed by atoms with Gasteiger partial charge in [0.05, 0.1) is 11.2 Å². The highest BCUT2D eigenvalue weighted by atomic mass is 16.4. The van der Waals surface area contributed by atoms with Crippen molar-refractivity contribution >= 4 is 5.97 Å². The molecule has 1 N–H and O–H groups in total. The number of hydrogen-bond donors (Lipinski definition) is 1. The Labute approximate surface area is 95.3 Å². The van der Waals surface area contributed by atoms with Crippen LogP contribution >= 0.6 is 0 Å². The molecule has 1 heterocycles.